The highest BCUT2D eigenvalue weighted by atomic mass is 16.5. The first-order chi connectivity index (χ1) is 14.9. The molecular formula is C26H35N3O2. The van der Waals surface area contributed by atoms with Crippen molar-refractivity contribution in [2.45, 2.75) is 59.9 Å². The van der Waals surface area contributed by atoms with Crippen LogP contribution in [-0.4, -0.2) is 28.6 Å². The van der Waals surface area contributed by atoms with Gasteiger partial charge in [-0.1, -0.05) is 44.5 Å². The van der Waals surface area contributed by atoms with Crippen LogP contribution in [0.15, 0.2) is 42.5 Å². The normalized spacial score (nSPS) is 11.3. The topological polar surface area (TPSA) is 56.1 Å². The first-order valence-corrected chi connectivity index (χ1v) is 11.3. The number of carbonyl (C=O) groups excluding carboxylic acids is 1. The Hall–Kier alpha value is -2.82. The van der Waals surface area contributed by atoms with E-state index in [1.165, 1.54) is 11.3 Å². The summed E-state index contributed by atoms with van der Waals surface area (Å²) in [4.78, 5) is 16.9. The van der Waals surface area contributed by atoms with Crippen molar-refractivity contribution >= 4 is 16.9 Å². The molecule has 3 rings (SSSR count). The molecule has 2 aromatic carbocycles. The van der Waals surface area contributed by atoms with E-state index in [1.54, 1.807) is 0 Å². The van der Waals surface area contributed by atoms with Gasteiger partial charge < -0.3 is 14.6 Å². The Kier molecular flexibility index (Phi) is 8.10. The number of fused-ring (bicyclic) bond motifs is 1. The maximum absolute atomic E-state index is 12.1. The minimum Gasteiger partial charge on any atom is -0.483 e. The van der Waals surface area contributed by atoms with Gasteiger partial charge in [-0.25, -0.2) is 4.98 Å². The zero-order valence-corrected chi connectivity index (χ0v) is 19.3. The molecule has 0 radical (unpaired) electrons. The lowest BCUT2D eigenvalue weighted by molar-refractivity contribution is -0.123. The van der Waals surface area contributed by atoms with Gasteiger partial charge >= 0.3 is 0 Å². The van der Waals surface area contributed by atoms with E-state index < -0.39 is 0 Å². The number of hydrogen-bond acceptors (Lipinski definition) is 3. The molecule has 0 saturated heterocycles. The van der Waals surface area contributed by atoms with Crippen LogP contribution in [0.2, 0.25) is 0 Å². The van der Waals surface area contributed by atoms with E-state index in [-0.39, 0.29) is 12.5 Å². The molecule has 0 spiro atoms. The summed E-state index contributed by atoms with van der Waals surface area (Å²) >= 11 is 0. The number of benzene rings is 2. The summed E-state index contributed by atoms with van der Waals surface area (Å²) in [7, 11) is 0. The smallest absolute Gasteiger partial charge is 0.257 e. The molecule has 0 aliphatic carbocycles. The second-order valence-corrected chi connectivity index (χ2v) is 8.74. The first kappa shape index (κ1) is 22.9. The van der Waals surface area contributed by atoms with E-state index in [0.717, 1.165) is 54.6 Å². The summed E-state index contributed by atoms with van der Waals surface area (Å²) in [6, 6.07) is 14.4. The molecule has 3 aromatic rings. The third kappa shape index (κ3) is 6.58. The maximum atomic E-state index is 12.1. The Balaban J connectivity index is 1.38. The Morgan fingerprint density at radius 2 is 1.90 bits per heavy atom. The van der Waals surface area contributed by atoms with Crippen molar-refractivity contribution < 1.29 is 9.53 Å². The predicted molar refractivity (Wildman–Crippen MR) is 127 cm³/mol. The van der Waals surface area contributed by atoms with Gasteiger partial charge in [0.25, 0.3) is 5.91 Å². The molecule has 1 aromatic heterocycles. The van der Waals surface area contributed by atoms with Crippen LogP contribution in [0.3, 0.4) is 0 Å². The number of carbonyl (C=O) groups is 1. The van der Waals surface area contributed by atoms with Gasteiger partial charge in [-0.05, 0) is 61.9 Å². The van der Waals surface area contributed by atoms with E-state index in [4.69, 9.17) is 9.72 Å². The number of nitrogens with one attached hydrogen (secondary N) is 1. The number of nitrogens with zero attached hydrogens (tertiary/aromatic N) is 2. The van der Waals surface area contributed by atoms with Gasteiger partial charge in [-0.15, -0.1) is 0 Å². The second kappa shape index (κ2) is 11.0. The fraction of sp³-hybridized carbons (Fsp3) is 0.462. The average molecular weight is 422 g/mol. The fourth-order valence-corrected chi connectivity index (χ4v) is 3.75. The first-order valence-electron chi connectivity index (χ1n) is 11.3. The molecule has 0 saturated carbocycles. The van der Waals surface area contributed by atoms with Crippen LogP contribution >= 0.6 is 0 Å². The van der Waals surface area contributed by atoms with Crippen LogP contribution in [0, 0.1) is 19.8 Å². The molecule has 31 heavy (non-hydrogen) atoms. The lowest BCUT2D eigenvalue weighted by Crippen LogP contribution is -2.29. The number of amides is 1. The summed E-state index contributed by atoms with van der Waals surface area (Å²) in [6.45, 7) is 10.2. The number of aromatic nitrogens is 2. The molecule has 166 valence electrons. The van der Waals surface area contributed by atoms with Gasteiger partial charge in [0.1, 0.15) is 11.6 Å². The molecule has 5 heteroatoms. The number of unbranched alkanes of at least 4 members (excludes halogenated alkanes) is 2. The van der Waals surface area contributed by atoms with Crippen molar-refractivity contribution in [2.24, 2.45) is 5.92 Å². The van der Waals surface area contributed by atoms with E-state index in [9.17, 15) is 4.79 Å². The third-order valence-corrected chi connectivity index (χ3v) is 5.38. The zero-order valence-electron chi connectivity index (χ0n) is 19.3. The minimum atomic E-state index is -0.0698. The molecular weight excluding hydrogens is 386 g/mol. The van der Waals surface area contributed by atoms with Crippen molar-refractivity contribution in [2.75, 3.05) is 13.2 Å². The van der Waals surface area contributed by atoms with Crippen LogP contribution in [-0.2, 0) is 17.8 Å². The SMILES string of the molecule is Cc1ccc(C)c(OCC(=O)NCCCCCc2nc3ccccc3n2CC(C)C)c1. The lowest BCUT2D eigenvalue weighted by atomic mass is 10.1. The van der Waals surface area contributed by atoms with Gasteiger partial charge in [-0.3, -0.25) is 4.79 Å². The quantitative estimate of drug-likeness (QED) is 0.432. The summed E-state index contributed by atoms with van der Waals surface area (Å²) < 4.78 is 8.03. The second-order valence-electron chi connectivity index (χ2n) is 8.74. The summed E-state index contributed by atoms with van der Waals surface area (Å²) in [5, 5.41) is 2.96. The minimum absolute atomic E-state index is 0.0590. The molecule has 1 amide bonds. The molecule has 0 fully saturated rings. The Bertz CT molecular complexity index is 1010. The van der Waals surface area contributed by atoms with Crippen LogP contribution < -0.4 is 10.1 Å². The van der Waals surface area contributed by atoms with Gasteiger partial charge in [0.15, 0.2) is 6.61 Å². The van der Waals surface area contributed by atoms with Crippen molar-refractivity contribution in [1.29, 1.82) is 0 Å². The molecule has 0 bridgehead atoms. The van der Waals surface area contributed by atoms with E-state index in [1.807, 2.05) is 38.1 Å². The Labute approximate surface area is 185 Å². The van der Waals surface area contributed by atoms with E-state index >= 15 is 0 Å². The number of ether oxygens (including phenoxy) is 1. The van der Waals surface area contributed by atoms with Gasteiger partial charge in [0.05, 0.1) is 11.0 Å². The van der Waals surface area contributed by atoms with Crippen LogP contribution in [0.1, 0.15) is 50.1 Å². The Morgan fingerprint density at radius 1 is 1.10 bits per heavy atom. The van der Waals surface area contributed by atoms with Crippen molar-refractivity contribution in [3.63, 3.8) is 0 Å². The number of rotatable bonds is 11. The van der Waals surface area contributed by atoms with Crippen LogP contribution in [0.25, 0.3) is 11.0 Å². The average Bonchev–Trinajstić information content (AvgIpc) is 3.08. The highest BCUT2D eigenvalue weighted by Gasteiger charge is 2.11. The summed E-state index contributed by atoms with van der Waals surface area (Å²) in [6.07, 6.45) is 4.05. The van der Waals surface area contributed by atoms with E-state index in [2.05, 4.69) is 41.9 Å². The number of para-hydroxylation sites is 2. The third-order valence-electron chi connectivity index (χ3n) is 5.38. The van der Waals surface area contributed by atoms with Crippen LogP contribution in [0.5, 0.6) is 5.75 Å². The van der Waals surface area contributed by atoms with Gasteiger partial charge in [0.2, 0.25) is 0 Å². The van der Waals surface area contributed by atoms with E-state index in [0.29, 0.717) is 12.5 Å². The van der Waals surface area contributed by atoms with Crippen molar-refractivity contribution in [1.82, 2.24) is 14.9 Å². The number of hydrogen-bond donors (Lipinski definition) is 1. The van der Waals surface area contributed by atoms with Crippen molar-refractivity contribution in [3.8, 4) is 5.75 Å². The van der Waals surface area contributed by atoms with Gasteiger partial charge in [0, 0.05) is 19.5 Å². The maximum Gasteiger partial charge on any atom is 0.257 e. The number of imidazole rings is 1. The lowest BCUT2D eigenvalue weighted by Gasteiger charge is -2.12. The monoisotopic (exact) mass is 421 g/mol. The van der Waals surface area contributed by atoms with Crippen molar-refractivity contribution in [3.05, 3.63) is 59.4 Å². The highest BCUT2D eigenvalue weighted by molar-refractivity contribution is 5.77. The fourth-order valence-electron chi connectivity index (χ4n) is 3.75. The number of aryl methyl sites for hydroxylation is 3. The molecule has 1 heterocycles. The predicted octanol–water partition coefficient (Wildman–Crippen LogP) is 5.22. The summed E-state index contributed by atoms with van der Waals surface area (Å²) in [5.74, 6) is 2.46. The molecule has 5 nitrogen and oxygen atoms in total. The largest absolute Gasteiger partial charge is 0.483 e. The van der Waals surface area contributed by atoms with Crippen LogP contribution in [0.4, 0.5) is 0 Å². The Morgan fingerprint density at radius 3 is 2.71 bits per heavy atom. The zero-order chi connectivity index (χ0) is 22.2. The molecule has 0 unspecified atom stereocenters. The standard InChI is InChI=1S/C26H35N3O2/c1-19(2)17-29-23-11-8-7-10-22(23)28-25(29)12-6-5-9-15-27-26(30)18-31-24-16-20(3)13-14-21(24)4/h7-8,10-11,13-14,16,19H,5-6,9,12,15,17-18H2,1-4H3,(H,27,30). The molecule has 0 aliphatic rings. The van der Waals surface area contributed by atoms with Gasteiger partial charge in [-0.2, -0.15) is 0 Å². The molecule has 0 aliphatic heterocycles. The summed E-state index contributed by atoms with van der Waals surface area (Å²) in [5.41, 5.74) is 4.47. The molecule has 0 atom stereocenters. The molecule has 1 N–H and O–H groups in total. The highest BCUT2D eigenvalue weighted by Crippen LogP contribution is 2.20.